The predicted octanol–water partition coefficient (Wildman–Crippen LogP) is 0.180. The summed E-state index contributed by atoms with van der Waals surface area (Å²) in [7, 11) is 3.03. The lowest BCUT2D eigenvalue weighted by Gasteiger charge is -2.31. The molecule has 8 heavy (non-hydrogen) atoms. The first-order valence-electron chi connectivity index (χ1n) is 2.54. The van der Waals surface area contributed by atoms with Gasteiger partial charge in [-0.25, -0.2) is 5.21 Å². The normalized spacial score (nSPS) is 14.2. The van der Waals surface area contributed by atoms with Crippen LogP contribution < -0.4 is 0 Å². The summed E-state index contributed by atoms with van der Waals surface area (Å²) in [5.74, 6) is 0. The summed E-state index contributed by atoms with van der Waals surface area (Å²) in [4.78, 5) is 0. The Bertz CT molecular complexity index is 65.4. The van der Waals surface area contributed by atoms with Crippen LogP contribution in [0.3, 0.4) is 0 Å². The first-order valence-corrected chi connectivity index (χ1v) is 2.54. The van der Waals surface area contributed by atoms with Gasteiger partial charge in [0.1, 0.15) is 14.1 Å². The van der Waals surface area contributed by atoms with E-state index in [1.807, 2.05) is 0 Å². The first-order chi connectivity index (χ1) is 3.25. The van der Waals surface area contributed by atoms with Crippen molar-refractivity contribution in [2.24, 2.45) is 0 Å². The Kier molecular flexibility index (Phi) is 1.66. The topological polar surface area (TPSA) is 40.5 Å². The fourth-order valence-electron chi connectivity index (χ4n) is 0. The number of nitrogens with zero attached hydrogens (tertiary/aromatic N) is 1. The summed E-state index contributed by atoms with van der Waals surface area (Å²) in [6.45, 7) is 3.10. The quantitative estimate of drug-likeness (QED) is 0.294. The molecule has 0 aromatic carbocycles. The molecule has 0 amide bonds. The number of quaternary nitrogens is 1. The fraction of sp³-hybridized carbons (Fsp3) is 1.00. The molecule has 0 unspecified atom stereocenters. The van der Waals surface area contributed by atoms with Crippen molar-refractivity contribution in [1.82, 2.24) is 0 Å². The largest absolute Gasteiger partial charge is 0.341 e. The molecule has 3 nitrogen and oxygen atoms in total. The lowest BCUT2D eigenvalue weighted by Crippen LogP contribution is -2.53. The van der Waals surface area contributed by atoms with Crippen LogP contribution in [-0.4, -0.2) is 34.8 Å². The predicted molar refractivity (Wildman–Crippen MR) is 30.2 cm³/mol. The molecule has 0 atom stereocenters. The van der Waals surface area contributed by atoms with Crippen molar-refractivity contribution in [1.29, 1.82) is 0 Å². The van der Waals surface area contributed by atoms with Crippen LogP contribution in [0.5, 0.6) is 0 Å². The highest BCUT2D eigenvalue weighted by Gasteiger charge is 2.32. The highest BCUT2D eigenvalue weighted by atomic mass is 16.6. The molecule has 0 radical (unpaired) electrons. The van der Waals surface area contributed by atoms with E-state index >= 15 is 0 Å². The Morgan fingerprint density at radius 3 is 1.38 bits per heavy atom. The third kappa shape index (κ3) is 1.78. The van der Waals surface area contributed by atoms with Gasteiger partial charge in [-0.1, -0.05) is 0 Å². The van der Waals surface area contributed by atoms with Crippen molar-refractivity contribution >= 4 is 0 Å². The zero-order valence-electron chi connectivity index (χ0n) is 5.84. The molecule has 0 saturated carbocycles. The third-order valence-corrected chi connectivity index (χ3v) is 1.34. The van der Waals surface area contributed by atoms with Gasteiger partial charge < -0.3 is 5.11 Å². The second-order valence-electron chi connectivity index (χ2n) is 2.89. The van der Waals surface area contributed by atoms with Gasteiger partial charge in [-0.3, -0.25) is 0 Å². The van der Waals surface area contributed by atoms with Crippen LogP contribution >= 0.6 is 0 Å². The van der Waals surface area contributed by atoms with E-state index in [1.54, 1.807) is 13.8 Å². The summed E-state index contributed by atoms with van der Waals surface area (Å²) in [5, 5.41) is 18.1. The van der Waals surface area contributed by atoms with Gasteiger partial charge in [-0.05, 0) is 0 Å². The van der Waals surface area contributed by atoms with Crippen LogP contribution in [0.15, 0.2) is 0 Å². The van der Waals surface area contributed by atoms with Crippen molar-refractivity contribution in [2.45, 2.75) is 19.6 Å². The van der Waals surface area contributed by atoms with E-state index < -0.39 is 10.4 Å². The van der Waals surface area contributed by atoms with E-state index in [-0.39, 0.29) is 0 Å². The van der Waals surface area contributed by atoms with Gasteiger partial charge in [-0.2, -0.15) is 4.65 Å². The highest BCUT2D eigenvalue weighted by Crippen LogP contribution is 2.10. The monoisotopic (exact) mass is 120 g/mol. The fourth-order valence-corrected chi connectivity index (χ4v) is 0. The van der Waals surface area contributed by atoms with Crippen LogP contribution in [0.2, 0.25) is 0 Å². The minimum Gasteiger partial charge on any atom is -0.341 e. The van der Waals surface area contributed by atoms with Crippen molar-refractivity contribution < 1.29 is 15.0 Å². The molecule has 0 fully saturated rings. The molecule has 0 rings (SSSR count). The standard InChI is InChI=1S/C5H14NO2/c1-5(2,7)6(3,4)8/h7-8H,1-4H3/q+1. The highest BCUT2D eigenvalue weighted by molar-refractivity contribution is 4.43. The molecule has 0 aromatic rings. The van der Waals surface area contributed by atoms with Gasteiger partial charge in [0.2, 0.25) is 5.72 Å². The Balaban J connectivity index is 4.02. The van der Waals surface area contributed by atoms with Gasteiger partial charge >= 0.3 is 0 Å². The molecule has 0 bridgehead atoms. The van der Waals surface area contributed by atoms with Gasteiger partial charge in [-0.15, -0.1) is 0 Å². The van der Waals surface area contributed by atoms with Crippen LogP contribution in [0, 0.1) is 0 Å². The number of hydrogen-bond acceptors (Lipinski definition) is 2. The van der Waals surface area contributed by atoms with Gasteiger partial charge in [0.05, 0.1) is 0 Å². The van der Waals surface area contributed by atoms with E-state index in [1.165, 1.54) is 14.1 Å². The van der Waals surface area contributed by atoms with Crippen LogP contribution in [0.1, 0.15) is 13.8 Å². The molecule has 0 saturated heterocycles. The van der Waals surface area contributed by atoms with E-state index in [9.17, 15) is 0 Å². The zero-order chi connectivity index (χ0) is 7.00. The average Bonchev–Trinajstić information content (AvgIpc) is 1.25. The minimum atomic E-state index is -1.07. The molecule has 3 heteroatoms. The molecular formula is C5H14NO2+. The second kappa shape index (κ2) is 1.69. The summed E-state index contributed by atoms with van der Waals surface area (Å²) in [5.41, 5.74) is -1.07. The first kappa shape index (κ1) is 7.88. The zero-order valence-corrected chi connectivity index (χ0v) is 5.84. The maximum atomic E-state index is 9.08. The minimum absolute atomic E-state index is 0.424. The number of aliphatic hydroxyl groups is 1. The Morgan fingerprint density at radius 2 is 1.38 bits per heavy atom. The molecule has 0 aliphatic rings. The van der Waals surface area contributed by atoms with E-state index in [2.05, 4.69) is 0 Å². The maximum absolute atomic E-state index is 9.08. The Morgan fingerprint density at radius 1 is 1.25 bits per heavy atom. The van der Waals surface area contributed by atoms with Gasteiger partial charge in [0.15, 0.2) is 0 Å². The molecule has 0 heterocycles. The summed E-state index contributed by atoms with van der Waals surface area (Å²) in [6, 6.07) is 0. The van der Waals surface area contributed by atoms with E-state index in [0.29, 0.717) is 0 Å². The van der Waals surface area contributed by atoms with E-state index in [0.717, 1.165) is 0 Å². The van der Waals surface area contributed by atoms with Crippen molar-refractivity contribution in [2.75, 3.05) is 14.1 Å². The second-order valence-corrected chi connectivity index (χ2v) is 2.89. The summed E-state index contributed by atoms with van der Waals surface area (Å²) in [6.07, 6.45) is 0. The van der Waals surface area contributed by atoms with Crippen LogP contribution in [0.25, 0.3) is 0 Å². The lowest BCUT2D eigenvalue weighted by atomic mass is 10.3. The van der Waals surface area contributed by atoms with Gasteiger partial charge in [0, 0.05) is 13.8 Å². The molecule has 50 valence electrons. The Hall–Kier alpha value is -0.120. The molecule has 0 aliphatic carbocycles. The molecule has 0 aliphatic heterocycles. The number of hydrogen-bond donors (Lipinski definition) is 2. The number of rotatable bonds is 1. The SMILES string of the molecule is CC(C)(O)[N+](C)(C)O. The summed E-state index contributed by atoms with van der Waals surface area (Å²) < 4.78 is -0.424. The maximum Gasteiger partial charge on any atom is 0.224 e. The van der Waals surface area contributed by atoms with Crippen LogP contribution in [-0.2, 0) is 0 Å². The van der Waals surface area contributed by atoms with Crippen molar-refractivity contribution in [3.63, 3.8) is 0 Å². The number of hydroxylamine groups is 3. The van der Waals surface area contributed by atoms with Gasteiger partial charge in [0.25, 0.3) is 0 Å². The molecule has 2 N–H and O–H groups in total. The summed E-state index contributed by atoms with van der Waals surface area (Å²) >= 11 is 0. The molecule has 0 spiro atoms. The lowest BCUT2D eigenvalue weighted by molar-refractivity contribution is -1.13. The van der Waals surface area contributed by atoms with Crippen molar-refractivity contribution in [3.05, 3.63) is 0 Å². The average molecular weight is 120 g/mol. The smallest absolute Gasteiger partial charge is 0.224 e. The van der Waals surface area contributed by atoms with E-state index in [4.69, 9.17) is 10.3 Å². The van der Waals surface area contributed by atoms with Crippen molar-refractivity contribution in [3.8, 4) is 0 Å². The molecule has 0 aromatic heterocycles. The van der Waals surface area contributed by atoms with Crippen LogP contribution in [0.4, 0.5) is 0 Å². The third-order valence-electron chi connectivity index (χ3n) is 1.34. The molecular weight excluding hydrogens is 106 g/mol. The Labute approximate surface area is 49.7 Å².